The first-order valence-corrected chi connectivity index (χ1v) is 8.74. The number of anilines is 1. The lowest BCUT2D eigenvalue weighted by atomic mass is 10.1. The molecule has 1 N–H and O–H groups in total. The molecule has 26 heavy (non-hydrogen) atoms. The average Bonchev–Trinajstić information content (AvgIpc) is 3.40. The lowest BCUT2D eigenvalue weighted by molar-refractivity contribution is 0.922. The van der Waals surface area contributed by atoms with Crippen LogP contribution in [-0.2, 0) is 0 Å². The van der Waals surface area contributed by atoms with Gasteiger partial charge in [-0.15, -0.1) is 0 Å². The molecule has 0 saturated carbocycles. The molecule has 1 aliphatic rings. The van der Waals surface area contributed by atoms with Crippen molar-refractivity contribution in [3.63, 3.8) is 0 Å². The summed E-state index contributed by atoms with van der Waals surface area (Å²) in [6.07, 6.45) is 2.71. The summed E-state index contributed by atoms with van der Waals surface area (Å²) in [7, 11) is 0. The second-order valence-electron chi connectivity index (χ2n) is 6.04. The first-order chi connectivity index (χ1) is 12.9. The smallest absolute Gasteiger partial charge is 0.0931 e. The number of imidazole rings is 1. The molecule has 3 aromatic carbocycles. The first kappa shape index (κ1) is 16.1. The van der Waals surface area contributed by atoms with Crippen molar-refractivity contribution in [2.24, 2.45) is 5.10 Å². The predicted octanol–water partition coefficient (Wildman–Crippen LogP) is 4.86. The molecule has 0 unspecified atom stereocenters. The van der Waals surface area contributed by atoms with Gasteiger partial charge in [0.15, 0.2) is 0 Å². The highest BCUT2D eigenvalue weighted by Crippen LogP contribution is 2.20. The molecule has 128 valence electrons. The number of benzene rings is 3. The number of nitrogens with one attached hydrogen (secondary N) is 1. The summed E-state index contributed by atoms with van der Waals surface area (Å²) in [5.41, 5.74) is 5.69. The summed E-state index contributed by atoms with van der Waals surface area (Å²) in [4.78, 5) is 7.07. The minimum absolute atomic E-state index is 0.967. The Kier molecular flexibility index (Phi) is 4.74. The molecular formula is C22H20N4. The van der Waals surface area contributed by atoms with Gasteiger partial charge < -0.3 is 4.98 Å². The fourth-order valence-electron chi connectivity index (χ4n) is 2.96. The first-order valence-electron chi connectivity index (χ1n) is 8.74. The van der Waals surface area contributed by atoms with Crippen LogP contribution in [0.5, 0.6) is 0 Å². The van der Waals surface area contributed by atoms with Crippen LogP contribution in [0, 0.1) is 0 Å². The molecule has 2 heterocycles. The van der Waals surface area contributed by atoms with Gasteiger partial charge in [0.05, 0.1) is 28.8 Å². The minimum atomic E-state index is 0.967. The molecule has 0 aliphatic carbocycles. The third kappa shape index (κ3) is 3.64. The van der Waals surface area contributed by atoms with Gasteiger partial charge in [0.2, 0.25) is 0 Å². The SMILES string of the molecule is c1ccc(C2=NN(c3ccccc3)CC2)cc1.c1ccc2[nH]cnc2c1. The molecule has 4 heteroatoms. The van der Waals surface area contributed by atoms with Crippen molar-refractivity contribution in [2.45, 2.75) is 6.42 Å². The number of hydrogen-bond donors (Lipinski definition) is 1. The Morgan fingerprint density at radius 2 is 1.46 bits per heavy atom. The molecule has 0 fully saturated rings. The van der Waals surface area contributed by atoms with E-state index in [1.54, 1.807) is 6.33 Å². The van der Waals surface area contributed by atoms with Crippen LogP contribution in [0.3, 0.4) is 0 Å². The number of rotatable bonds is 2. The van der Waals surface area contributed by atoms with Gasteiger partial charge in [0, 0.05) is 13.0 Å². The second kappa shape index (κ2) is 7.66. The van der Waals surface area contributed by atoms with E-state index >= 15 is 0 Å². The van der Waals surface area contributed by atoms with Crippen molar-refractivity contribution in [1.82, 2.24) is 9.97 Å². The molecule has 0 saturated heterocycles. The Bertz CT molecular complexity index is 960. The van der Waals surface area contributed by atoms with Gasteiger partial charge in [-0.25, -0.2) is 4.98 Å². The third-order valence-corrected chi connectivity index (χ3v) is 4.29. The van der Waals surface area contributed by atoms with E-state index in [1.807, 2.05) is 48.5 Å². The predicted molar refractivity (Wildman–Crippen MR) is 107 cm³/mol. The third-order valence-electron chi connectivity index (χ3n) is 4.29. The van der Waals surface area contributed by atoms with Crippen molar-refractivity contribution in [2.75, 3.05) is 11.6 Å². The monoisotopic (exact) mass is 340 g/mol. The van der Waals surface area contributed by atoms with E-state index in [9.17, 15) is 0 Å². The summed E-state index contributed by atoms with van der Waals surface area (Å²) >= 11 is 0. The standard InChI is InChI=1S/C15H14N2.C7H6N2/c1-3-7-13(8-4-1)15-11-12-17(16-15)14-9-5-2-6-10-14;1-2-4-7-6(3-1)8-5-9-7/h1-10H,11-12H2;1-5H,(H,8,9). The highest BCUT2D eigenvalue weighted by Gasteiger charge is 2.16. The van der Waals surface area contributed by atoms with Crippen LogP contribution in [0.25, 0.3) is 11.0 Å². The average molecular weight is 340 g/mol. The summed E-state index contributed by atoms with van der Waals surface area (Å²) < 4.78 is 0. The Labute approximate surface area is 152 Å². The van der Waals surface area contributed by atoms with E-state index in [-0.39, 0.29) is 0 Å². The normalized spacial score (nSPS) is 13.2. The maximum Gasteiger partial charge on any atom is 0.0931 e. The molecule has 1 aliphatic heterocycles. The van der Waals surface area contributed by atoms with E-state index in [0.29, 0.717) is 0 Å². The van der Waals surface area contributed by atoms with Crippen LogP contribution >= 0.6 is 0 Å². The number of H-pyrrole nitrogens is 1. The van der Waals surface area contributed by atoms with E-state index in [1.165, 1.54) is 17.0 Å². The van der Waals surface area contributed by atoms with Crippen LogP contribution in [0.15, 0.2) is 96.4 Å². The van der Waals surface area contributed by atoms with E-state index in [2.05, 4.69) is 56.5 Å². The molecule has 1 aromatic heterocycles. The largest absolute Gasteiger partial charge is 0.345 e. The molecule has 0 radical (unpaired) electrons. The second-order valence-corrected chi connectivity index (χ2v) is 6.04. The molecular weight excluding hydrogens is 320 g/mol. The molecule has 5 rings (SSSR count). The molecule has 0 atom stereocenters. The zero-order valence-electron chi connectivity index (χ0n) is 14.4. The van der Waals surface area contributed by atoms with E-state index < -0.39 is 0 Å². The van der Waals surface area contributed by atoms with Gasteiger partial charge in [0.25, 0.3) is 0 Å². The van der Waals surface area contributed by atoms with Crippen molar-refractivity contribution < 1.29 is 0 Å². The van der Waals surface area contributed by atoms with Crippen molar-refractivity contribution in [3.8, 4) is 0 Å². The van der Waals surface area contributed by atoms with Crippen LogP contribution < -0.4 is 5.01 Å². The Morgan fingerprint density at radius 3 is 2.23 bits per heavy atom. The maximum atomic E-state index is 4.68. The van der Waals surface area contributed by atoms with E-state index in [4.69, 9.17) is 0 Å². The van der Waals surface area contributed by atoms with Gasteiger partial charge in [-0.2, -0.15) is 5.10 Å². The number of aromatic amines is 1. The van der Waals surface area contributed by atoms with Gasteiger partial charge in [-0.05, 0) is 29.8 Å². The minimum Gasteiger partial charge on any atom is -0.345 e. The van der Waals surface area contributed by atoms with Gasteiger partial charge in [0.1, 0.15) is 0 Å². The lowest BCUT2D eigenvalue weighted by Crippen LogP contribution is -2.11. The fraction of sp³-hybridized carbons (Fsp3) is 0.0909. The maximum absolute atomic E-state index is 4.68. The van der Waals surface area contributed by atoms with Gasteiger partial charge >= 0.3 is 0 Å². The highest BCUT2D eigenvalue weighted by molar-refractivity contribution is 6.02. The lowest BCUT2D eigenvalue weighted by Gasteiger charge is -2.12. The highest BCUT2D eigenvalue weighted by atomic mass is 15.5. The molecule has 0 bridgehead atoms. The molecule has 4 aromatic rings. The van der Waals surface area contributed by atoms with Crippen LogP contribution in [0.2, 0.25) is 0 Å². The quantitative estimate of drug-likeness (QED) is 0.566. The number of hydrogen-bond acceptors (Lipinski definition) is 3. The molecule has 4 nitrogen and oxygen atoms in total. The number of para-hydroxylation sites is 3. The summed E-state index contributed by atoms with van der Waals surface area (Å²) in [6.45, 7) is 0.967. The van der Waals surface area contributed by atoms with Crippen molar-refractivity contribution in [3.05, 3.63) is 96.8 Å². The Hall–Kier alpha value is -3.40. The number of nitrogens with zero attached hydrogens (tertiary/aromatic N) is 3. The number of hydrazone groups is 1. The van der Waals surface area contributed by atoms with Crippen LogP contribution in [0.4, 0.5) is 5.69 Å². The van der Waals surface area contributed by atoms with Crippen LogP contribution in [0.1, 0.15) is 12.0 Å². The molecule has 0 spiro atoms. The Morgan fingerprint density at radius 1 is 0.769 bits per heavy atom. The van der Waals surface area contributed by atoms with Gasteiger partial charge in [-0.3, -0.25) is 5.01 Å². The Balaban J connectivity index is 0.000000157. The molecule has 0 amide bonds. The van der Waals surface area contributed by atoms with Crippen molar-refractivity contribution >= 4 is 22.4 Å². The summed E-state index contributed by atoms with van der Waals surface area (Å²) in [6, 6.07) is 28.6. The number of aromatic nitrogens is 2. The zero-order chi connectivity index (χ0) is 17.6. The van der Waals surface area contributed by atoms with Gasteiger partial charge in [-0.1, -0.05) is 60.7 Å². The summed E-state index contributed by atoms with van der Waals surface area (Å²) in [5, 5.41) is 6.75. The zero-order valence-corrected chi connectivity index (χ0v) is 14.4. The summed E-state index contributed by atoms with van der Waals surface area (Å²) in [5.74, 6) is 0. The van der Waals surface area contributed by atoms with E-state index in [0.717, 1.165) is 24.0 Å². The topological polar surface area (TPSA) is 44.3 Å². The number of fused-ring (bicyclic) bond motifs is 1. The van der Waals surface area contributed by atoms with Crippen LogP contribution in [-0.4, -0.2) is 22.2 Å². The van der Waals surface area contributed by atoms with Crippen molar-refractivity contribution in [1.29, 1.82) is 0 Å². The fourth-order valence-corrected chi connectivity index (χ4v) is 2.96.